The molecule has 0 atom stereocenters. The predicted molar refractivity (Wildman–Crippen MR) is 161 cm³/mol. The van der Waals surface area contributed by atoms with Crippen molar-refractivity contribution >= 4 is 58.4 Å². The molecule has 0 aliphatic rings. The fourth-order valence-corrected chi connectivity index (χ4v) is 4.12. The summed E-state index contributed by atoms with van der Waals surface area (Å²) in [5.74, 6) is 0.368. The van der Waals surface area contributed by atoms with E-state index in [1.165, 1.54) is 29.1 Å². The van der Waals surface area contributed by atoms with Crippen LogP contribution in [0.25, 0.3) is 16.6 Å². The highest BCUT2D eigenvalue weighted by Crippen LogP contribution is 2.32. The van der Waals surface area contributed by atoms with Gasteiger partial charge in [-0.2, -0.15) is 15.3 Å². The van der Waals surface area contributed by atoms with E-state index in [1.54, 1.807) is 53.8 Å². The Balaban J connectivity index is 2.03. The number of allylic oxidation sites excluding steroid dienone is 1. The van der Waals surface area contributed by atoms with E-state index in [-0.39, 0.29) is 21.6 Å². The molecule has 2 aromatic heterocycles. The number of hydrogen-bond donors (Lipinski definition) is 2. The molecule has 0 saturated heterocycles. The van der Waals surface area contributed by atoms with Crippen molar-refractivity contribution in [1.29, 1.82) is 5.26 Å². The van der Waals surface area contributed by atoms with Crippen molar-refractivity contribution in [3.05, 3.63) is 70.4 Å². The van der Waals surface area contributed by atoms with Crippen molar-refractivity contribution in [3.8, 4) is 11.8 Å². The minimum Gasteiger partial charge on any atom is -0.443 e. The Bertz CT molecular complexity index is 1590. The summed E-state index contributed by atoms with van der Waals surface area (Å²) < 4.78 is 12.3. The lowest BCUT2D eigenvalue weighted by Crippen LogP contribution is -2.42. The average Bonchev–Trinajstić information content (AvgIpc) is 3.26. The molecule has 42 heavy (non-hydrogen) atoms. The third kappa shape index (κ3) is 7.99. The Kier molecular flexibility index (Phi) is 9.50. The monoisotopic (exact) mass is 612 g/mol. The number of nitrogens with zero attached hydrogens (tertiary/aromatic N) is 6. The number of nitriles is 1. The maximum atomic E-state index is 13.0. The van der Waals surface area contributed by atoms with Gasteiger partial charge in [0.15, 0.2) is 0 Å². The maximum Gasteiger partial charge on any atom is 0.424 e. The molecule has 0 fully saturated rings. The number of imide groups is 1. The number of amides is 2. The highest BCUT2D eigenvalue weighted by atomic mass is 35.5. The van der Waals surface area contributed by atoms with Gasteiger partial charge in [0.1, 0.15) is 28.5 Å². The van der Waals surface area contributed by atoms with Crippen LogP contribution < -0.4 is 11.1 Å². The van der Waals surface area contributed by atoms with Gasteiger partial charge in [-0.05, 0) is 59.7 Å². The molecule has 14 heteroatoms. The molecule has 3 aromatic rings. The van der Waals surface area contributed by atoms with Gasteiger partial charge >= 0.3 is 12.2 Å². The Morgan fingerprint density at radius 3 is 2.21 bits per heavy atom. The summed E-state index contributed by atoms with van der Waals surface area (Å²) in [5, 5.41) is 17.7. The number of aromatic nitrogens is 3. The van der Waals surface area contributed by atoms with Gasteiger partial charge in [0, 0.05) is 18.5 Å². The Morgan fingerprint density at radius 1 is 1.14 bits per heavy atom. The summed E-state index contributed by atoms with van der Waals surface area (Å²) in [4.78, 5) is 35.1. The number of aliphatic imine (C=N–C) groups is 1. The number of hydrogen-bond acceptors (Lipinski definition) is 9. The largest absolute Gasteiger partial charge is 0.443 e. The summed E-state index contributed by atoms with van der Waals surface area (Å²) >= 11 is 12.8. The second-order valence-electron chi connectivity index (χ2n) is 10.8. The number of nitrogens with one attached hydrogen (secondary N) is 1. The summed E-state index contributed by atoms with van der Waals surface area (Å²) in [6.45, 7) is 13.8. The zero-order valence-corrected chi connectivity index (χ0v) is 25.4. The predicted octanol–water partition coefficient (Wildman–Crippen LogP) is 6.53. The second kappa shape index (κ2) is 12.5. The highest BCUT2D eigenvalue weighted by Gasteiger charge is 2.33. The minimum atomic E-state index is -0.994. The van der Waals surface area contributed by atoms with E-state index in [2.05, 4.69) is 27.0 Å². The molecular weight excluding hydrogens is 583 g/mol. The summed E-state index contributed by atoms with van der Waals surface area (Å²) in [7, 11) is 0. The number of carbonyl (C=O) groups is 2. The molecule has 12 nitrogen and oxygen atoms in total. The van der Waals surface area contributed by atoms with Crippen LogP contribution in [0.15, 0.2) is 59.8 Å². The number of pyridine rings is 1. The van der Waals surface area contributed by atoms with E-state index in [0.717, 1.165) is 6.34 Å². The van der Waals surface area contributed by atoms with E-state index in [0.29, 0.717) is 32.9 Å². The van der Waals surface area contributed by atoms with Crippen LogP contribution in [-0.2, 0) is 9.47 Å². The summed E-state index contributed by atoms with van der Waals surface area (Å²) in [6.07, 6.45) is 3.47. The number of nitrogens with two attached hydrogens (primary N) is 1. The van der Waals surface area contributed by atoms with Crippen molar-refractivity contribution in [3.63, 3.8) is 0 Å². The Morgan fingerprint density at radius 2 is 1.71 bits per heavy atom. The first kappa shape index (κ1) is 31.9. The summed E-state index contributed by atoms with van der Waals surface area (Å²) in [6, 6.07) is 6.63. The number of benzene rings is 1. The minimum absolute atomic E-state index is 0.0711. The molecule has 0 saturated carbocycles. The van der Waals surface area contributed by atoms with Crippen LogP contribution in [0.5, 0.6) is 0 Å². The van der Waals surface area contributed by atoms with E-state index in [9.17, 15) is 14.9 Å². The van der Waals surface area contributed by atoms with Crippen molar-refractivity contribution in [2.45, 2.75) is 52.7 Å². The highest BCUT2D eigenvalue weighted by molar-refractivity contribution is 6.38. The third-order valence-corrected chi connectivity index (χ3v) is 5.59. The lowest BCUT2D eigenvalue weighted by atomic mass is 10.2. The molecule has 0 bridgehead atoms. The fraction of sp³-hybridized carbons (Fsp3) is 0.286. The number of ether oxygens (including phenoxy) is 2. The van der Waals surface area contributed by atoms with Gasteiger partial charge < -0.3 is 20.5 Å². The van der Waals surface area contributed by atoms with E-state index < -0.39 is 23.4 Å². The van der Waals surface area contributed by atoms with Crippen LogP contribution in [0.4, 0.5) is 15.4 Å². The molecule has 3 rings (SSSR count). The lowest BCUT2D eigenvalue weighted by Gasteiger charge is -2.28. The molecule has 0 spiro atoms. The Hall–Kier alpha value is -4.60. The van der Waals surface area contributed by atoms with E-state index >= 15 is 0 Å². The SMILES string of the molecule is C=C(/C=C(\N=C/N)Nc1nccc2nn(-c3c(Cl)cc(C#N)cc3Cl)cc12)N(C(=O)OC(C)(C)C)C(=O)OC(C)(C)C. The van der Waals surface area contributed by atoms with Crippen LogP contribution in [0, 0.1) is 11.3 Å². The first-order valence-electron chi connectivity index (χ1n) is 12.4. The van der Waals surface area contributed by atoms with Crippen molar-refractivity contribution in [2.24, 2.45) is 10.7 Å². The van der Waals surface area contributed by atoms with E-state index in [1.807, 2.05) is 6.07 Å². The number of carbonyl (C=O) groups excluding carboxylic acids is 2. The zero-order chi connectivity index (χ0) is 31.4. The van der Waals surface area contributed by atoms with Gasteiger partial charge in [0.05, 0.1) is 44.6 Å². The topological polar surface area (TPSA) is 161 Å². The Labute approximate surface area is 253 Å². The van der Waals surface area contributed by atoms with Crippen LogP contribution in [0.2, 0.25) is 10.0 Å². The van der Waals surface area contributed by atoms with Crippen LogP contribution in [0.3, 0.4) is 0 Å². The van der Waals surface area contributed by atoms with Crippen molar-refractivity contribution in [1.82, 2.24) is 19.7 Å². The molecule has 2 amide bonds. The van der Waals surface area contributed by atoms with Crippen molar-refractivity contribution < 1.29 is 19.1 Å². The van der Waals surface area contributed by atoms with Gasteiger partial charge in [-0.1, -0.05) is 29.8 Å². The molecular formula is C28H30Cl2N8O4. The third-order valence-electron chi connectivity index (χ3n) is 5.01. The quantitative estimate of drug-likeness (QED) is 0.179. The molecule has 0 radical (unpaired) electrons. The molecule has 0 aliphatic heterocycles. The van der Waals surface area contributed by atoms with Crippen LogP contribution >= 0.6 is 23.2 Å². The smallest absolute Gasteiger partial charge is 0.424 e. The van der Waals surface area contributed by atoms with Crippen LogP contribution in [-0.4, -0.2) is 49.4 Å². The molecule has 3 N–H and O–H groups in total. The van der Waals surface area contributed by atoms with E-state index in [4.69, 9.17) is 38.4 Å². The summed E-state index contributed by atoms with van der Waals surface area (Å²) in [5.41, 5.74) is 4.84. The van der Waals surface area contributed by atoms with Gasteiger partial charge in [-0.3, -0.25) is 0 Å². The van der Waals surface area contributed by atoms with Crippen molar-refractivity contribution in [2.75, 3.05) is 5.32 Å². The van der Waals surface area contributed by atoms with Gasteiger partial charge in [-0.25, -0.2) is 24.2 Å². The second-order valence-corrected chi connectivity index (χ2v) is 11.6. The maximum absolute atomic E-state index is 13.0. The molecule has 0 unspecified atom stereocenters. The average molecular weight is 614 g/mol. The number of rotatable bonds is 6. The number of fused-ring (bicyclic) bond motifs is 1. The number of halogens is 2. The first-order valence-corrected chi connectivity index (χ1v) is 13.2. The lowest BCUT2D eigenvalue weighted by molar-refractivity contribution is 0.00910. The molecule has 220 valence electrons. The molecule has 2 heterocycles. The molecule has 1 aromatic carbocycles. The normalized spacial score (nSPS) is 12.2. The van der Waals surface area contributed by atoms with Gasteiger partial charge in [0.25, 0.3) is 0 Å². The first-order chi connectivity index (χ1) is 19.5. The molecule has 0 aliphatic carbocycles. The zero-order valence-electron chi connectivity index (χ0n) is 23.9. The number of anilines is 1. The van der Waals surface area contributed by atoms with Gasteiger partial charge in [0.2, 0.25) is 0 Å². The standard InChI is InChI=1S/C28H30Cl2N8O4/c1-16(38(25(39)41-27(2,3)4)26(40)42-28(5,6)7)10-22(34-15-32)35-24-18-14-37(36-21(18)8-9-33-24)23-19(29)11-17(13-31)12-20(23)30/h8-12,14-15H,1H2,2-7H3,(H2,32,34)(H,33,35)/b22-10+. The fourth-order valence-electron chi connectivity index (χ4n) is 3.46. The van der Waals surface area contributed by atoms with Gasteiger partial charge in [-0.15, -0.1) is 0 Å². The van der Waals surface area contributed by atoms with Crippen LogP contribution in [0.1, 0.15) is 47.1 Å².